The molecule has 21 heavy (non-hydrogen) atoms. The maximum Gasteiger partial charge on any atom is 0.341 e. The Morgan fingerprint density at radius 2 is 1.90 bits per heavy atom. The van der Waals surface area contributed by atoms with E-state index in [2.05, 4.69) is 6.92 Å². The van der Waals surface area contributed by atoms with Gasteiger partial charge in [0, 0.05) is 0 Å². The first-order valence-corrected chi connectivity index (χ1v) is 7.44. The molecule has 1 aliphatic heterocycles. The Morgan fingerprint density at radius 3 is 2.38 bits per heavy atom. The summed E-state index contributed by atoms with van der Waals surface area (Å²) >= 11 is 0. The second-order valence-corrected chi connectivity index (χ2v) is 5.89. The van der Waals surface area contributed by atoms with Crippen molar-refractivity contribution in [3.63, 3.8) is 0 Å². The molecule has 1 fully saturated rings. The molecule has 0 aliphatic carbocycles. The van der Waals surface area contributed by atoms with Crippen molar-refractivity contribution in [2.45, 2.75) is 45.3 Å². The summed E-state index contributed by atoms with van der Waals surface area (Å²) < 4.78 is 16.4. The molecule has 1 aromatic rings. The quantitative estimate of drug-likeness (QED) is 0.596. The van der Waals surface area contributed by atoms with Gasteiger partial charge in [-0.05, 0) is 37.0 Å². The number of hydrogen-bond acceptors (Lipinski definition) is 4. The third-order valence-electron chi connectivity index (χ3n) is 4.21. The van der Waals surface area contributed by atoms with E-state index in [9.17, 15) is 4.79 Å². The van der Waals surface area contributed by atoms with Crippen LogP contribution in [0.2, 0.25) is 0 Å². The summed E-state index contributed by atoms with van der Waals surface area (Å²) in [5.74, 6) is 0.551. The lowest BCUT2D eigenvalue weighted by Gasteiger charge is -2.19. The summed E-state index contributed by atoms with van der Waals surface area (Å²) in [6, 6.07) is 7.75. The highest BCUT2D eigenvalue weighted by Gasteiger charge is 2.75. The number of methoxy groups -OCH3 is 1. The summed E-state index contributed by atoms with van der Waals surface area (Å²) in [5, 5.41) is 0. The van der Waals surface area contributed by atoms with Crippen LogP contribution in [0.3, 0.4) is 0 Å². The molecular weight excluding hydrogens is 268 g/mol. The summed E-state index contributed by atoms with van der Waals surface area (Å²) in [4.78, 5) is 12.2. The SMILES string of the molecule is CCCOc1ccc(C2(C)OC2(C(=O)OC)C(C)C)cc1. The largest absolute Gasteiger partial charge is 0.494 e. The second-order valence-electron chi connectivity index (χ2n) is 5.89. The number of epoxide rings is 1. The Kier molecular flexibility index (Phi) is 4.28. The molecular formula is C17H24O4. The molecule has 0 spiro atoms. The van der Waals surface area contributed by atoms with Crippen molar-refractivity contribution in [1.82, 2.24) is 0 Å². The fourth-order valence-electron chi connectivity index (χ4n) is 2.95. The highest BCUT2D eigenvalue weighted by atomic mass is 16.7. The Labute approximate surface area is 126 Å². The topological polar surface area (TPSA) is 48.1 Å². The van der Waals surface area contributed by atoms with Crippen LogP contribution in [-0.4, -0.2) is 25.3 Å². The molecule has 0 bridgehead atoms. The smallest absolute Gasteiger partial charge is 0.341 e. The molecule has 1 heterocycles. The van der Waals surface area contributed by atoms with Crippen molar-refractivity contribution in [3.05, 3.63) is 29.8 Å². The third-order valence-corrected chi connectivity index (χ3v) is 4.21. The zero-order chi connectivity index (χ0) is 15.7. The first kappa shape index (κ1) is 15.8. The first-order valence-electron chi connectivity index (χ1n) is 7.44. The average Bonchev–Trinajstić information content (AvgIpc) is 3.14. The number of carbonyl (C=O) groups excluding carboxylic acids is 1. The fraction of sp³-hybridized carbons (Fsp3) is 0.588. The van der Waals surface area contributed by atoms with Gasteiger partial charge < -0.3 is 14.2 Å². The lowest BCUT2D eigenvalue weighted by molar-refractivity contribution is -0.148. The standard InChI is InChI=1S/C17H24O4/c1-6-11-20-14-9-7-13(8-10-14)16(4)17(21-16,12(2)3)15(18)19-5/h7-10,12H,6,11H2,1-5H3. The number of esters is 1. The highest BCUT2D eigenvalue weighted by molar-refractivity contribution is 5.85. The van der Waals surface area contributed by atoms with E-state index < -0.39 is 11.2 Å². The van der Waals surface area contributed by atoms with Gasteiger partial charge in [0.1, 0.15) is 11.4 Å². The van der Waals surface area contributed by atoms with E-state index in [0.29, 0.717) is 6.61 Å². The number of carbonyl (C=O) groups is 1. The van der Waals surface area contributed by atoms with Crippen molar-refractivity contribution in [2.24, 2.45) is 5.92 Å². The van der Waals surface area contributed by atoms with Crippen molar-refractivity contribution in [2.75, 3.05) is 13.7 Å². The Bertz CT molecular complexity index is 508. The normalized spacial score (nSPS) is 27.5. The molecule has 4 heteroatoms. The van der Waals surface area contributed by atoms with Gasteiger partial charge in [-0.15, -0.1) is 0 Å². The molecule has 0 amide bonds. The van der Waals surface area contributed by atoms with Crippen LogP contribution in [0.25, 0.3) is 0 Å². The molecule has 1 aliphatic rings. The van der Waals surface area contributed by atoms with Gasteiger partial charge in [0.2, 0.25) is 5.60 Å². The van der Waals surface area contributed by atoms with Gasteiger partial charge in [-0.1, -0.05) is 32.9 Å². The summed E-state index contributed by atoms with van der Waals surface area (Å²) in [6.07, 6.45) is 0.974. The van der Waals surface area contributed by atoms with Gasteiger partial charge in [-0.2, -0.15) is 0 Å². The predicted octanol–water partition coefficient (Wildman–Crippen LogP) is 3.29. The second kappa shape index (κ2) is 5.68. The van der Waals surface area contributed by atoms with Gasteiger partial charge in [-0.3, -0.25) is 0 Å². The van der Waals surface area contributed by atoms with Crippen LogP contribution in [0.4, 0.5) is 0 Å². The number of ether oxygens (including phenoxy) is 3. The number of hydrogen-bond donors (Lipinski definition) is 0. The van der Waals surface area contributed by atoms with Gasteiger partial charge in [0.15, 0.2) is 0 Å². The Hall–Kier alpha value is -1.55. The molecule has 0 aromatic heterocycles. The lowest BCUT2D eigenvalue weighted by Crippen LogP contribution is -2.37. The van der Waals surface area contributed by atoms with Crippen molar-refractivity contribution in [3.8, 4) is 5.75 Å². The first-order chi connectivity index (χ1) is 9.92. The number of benzene rings is 1. The number of rotatable bonds is 6. The molecule has 0 saturated carbocycles. The van der Waals surface area contributed by atoms with Crippen LogP contribution in [0, 0.1) is 5.92 Å². The molecule has 0 N–H and O–H groups in total. The molecule has 1 saturated heterocycles. The molecule has 2 unspecified atom stereocenters. The van der Waals surface area contributed by atoms with Crippen molar-refractivity contribution >= 4 is 5.97 Å². The van der Waals surface area contributed by atoms with Crippen molar-refractivity contribution < 1.29 is 19.0 Å². The van der Waals surface area contributed by atoms with Gasteiger partial charge >= 0.3 is 5.97 Å². The van der Waals surface area contributed by atoms with Gasteiger partial charge in [-0.25, -0.2) is 4.79 Å². The molecule has 2 atom stereocenters. The lowest BCUT2D eigenvalue weighted by atomic mass is 9.80. The van der Waals surface area contributed by atoms with E-state index in [-0.39, 0.29) is 11.9 Å². The zero-order valence-corrected chi connectivity index (χ0v) is 13.4. The molecule has 116 valence electrons. The maximum absolute atomic E-state index is 12.2. The van der Waals surface area contributed by atoms with E-state index in [4.69, 9.17) is 14.2 Å². The molecule has 4 nitrogen and oxygen atoms in total. The van der Waals surface area contributed by atoms with E-state index in [1.807, 2.05) is 45.0 Å². The van der Waals surface area contributed by atoms with E-state index in [0.717, 1.165) is 17.7 Å². The van der Waals surface area contributed by atoms with Gasteiger partial charge in [0.05, 0.1) is 13.7 Å². The fourth-order valence-corrected chi connectivity index (χ4v) is 2.95. The summed E-state index contributed by atoms with van der Waals surface area (Å²) in [6.45, 7) is 8.65. The minimum absolute atomic E-state index is 0.0333. The zero-order valence-electron chi connectivity index (χ0n) is 13.4. The van der Waals surface area contributed by atoms with E-state index >= 15 is 0 Å². The molecule has 1 aromatic carbocycles. The van der Waals surface area contributed by atoms with Gasteiger partial charge in [0.25, 0.3) is 0 Å². The van der Waals surface area contributed by atoms with Crippen LogP contribution >= 0.6 is 0 Å². The molecule has 2 rings (SSSR count). The average molecular weight is 292 g/mol. The van der Waals surface area contributed by atoms with E-state index in [1.54, 1.807) is 0 Å². The minimum atomic E-state index is -0.895. The minimum Gasteiger partial charge on any atom is -0.494 e. The summed E-state index contributed by atoms with van der Waals surface area (Å²) in [5.41, 5.74) is -0.573. The monoisotopic (exact) mass is 292 g/mol. The third kappa shape index (κ3) is 2.42. The summed E-state index contributed by atoms with van der Waals surface area (Å²) in [7, 11) is 1.40. The van der Waals surface area contributed by atoms with Crippen LogP contribution in [0.1, 0.15) is 39.7 Å². The predicted molar refractivity (Wildman–Crippen MR) is 80.3 cm³/mol. The van der Waals surface area contributed by atoms with Crippen LogP contribution in [0.5, 0.6) is 5.75 Å². The van der Waals surface area contributed by atoms with Crippen LogP contribution < -0.4 is 4.74 Å². The highest BCUT2D eigenvalue weighted by Crippen LogP contribution is 2.60. The Balaban J connectivity index is 2.24. The van der Waals surface area contributed by atoms with Crippen LogP contribution in [-0.2, 0) is 19.9 Å². The molecule has 0 radical (unpaired) electrons. The van der Waals surface area contributed by atoms with E-state index in [1.165, 1.54) is 7.11 Å². The van der Waals surface area contributed by atoms with Crippen LogP contribution in [0.15, 0.2) is 24.3 Å². The van der Waals surface area contributed by atoms with Crippen molar-refractivity contribution in [1.29, 1.82) is 0 Å². The maximum atomic E-state index is 12.2. The Morgan fingerprint density at radius 1 is 1.29 bits per heavy atom.